The van der Waals surface area contributed by atoms with E-state index in [0.29, 0.717) is 12.2 Å². The lowest BCUT2D eigenvalue weighted by Gasteiger charge is -2.22. The summed E-state index contributed by atoms with van der Waals surface area (Å²) in [5.41, 5.74) is 1.50. The van der Waals surface area contributed by atoms with Crippen LogP contribution in [0.1, 0.15) is 47.1 Å². The normalized spacial score (nSPS) is 18.6. The highest BCUT2D eigenvalue weighted by Gasteiger charge is 2.21. The highest BCUT2D eigenvalue weighted by Crippen LogP contribution is 2.23. The van der Waals surface area contributed by atoms with Gasteiger partial charge in [0.2, 0.25) is 0 Å². The Morgan fingerprint density at radius 1 is 1.41 bits per heavy atom. The molecule has 0 spiro atoms. The van der Waals surface area contributed by atoms with Gasteiger partial charge in [0.05, 0.1) is 0 Å². The van der Waals surface area contributed by atoms with Crippen molar-refractivity contribution in [2.75, 3.05) is 6.61 Å². The van der Waals surface area contributed by atoms with Crippen molar-refractivity contribution >= 4 is 18.1 Å². The fourth-order valence-corrected chi connectivity index (χ4v) is 2.43. The third-order valence-corrected chi connectivity index (χ3v) is 3.55. The van der Waals surface area contributed by atoms with E-state index < -0.39 is 5.97 Å². The Balaban J connectivity index is 1.87. The van der Waals surface area contributed by atoms with Crippen molar-refractivity contribution in [2.45, 2.75) is 25.5 Å². The maximum absolute atomic E-state index is 11.4. The number of hydrogen-bond acceptors (Lipinski definition) is 4. The highest BCUT2D eigenvalue weighted by molar-refractivity contribution is 5.91. The predicted octanol–water partition coefficient (Wildman–Crippen LogP) is 2.85. The molecule has 0 radical (unpaired) electrons. The van der Waals surface area contributed by atoms with Gasteiger partial charge >= 0.3 is 5.97 Å². The Morgan fingerprint density at radius 2 is 2.32 bits per heavy atom. The fourth-order valence-electron chi connectivity index (χ4n) is 2.43. The van der Waals surface area contributed by atoms with Crippen LogP contribution in [0.5, 0.6) is 0 Å². The molecule has 1 N–H and O–H groups in total. The summed E-state index contributed by atoms with van der Waals surface area (Å²) in [4.78, 5) is 15.4. The zero-order valence-electron chi connectivity index (χ0n) is 12.1. The third-order valence-electron chi connectivity index (χ3n) is 3.55. The third kappa shape index (κ3) is 3.23. The number of aromatic nitrogens is 3. The van der Waals surface area contributed by atoms with Crippen molar-refractivity contribution in [2.24, 2.45) is 0 Å². The number of ether oxygens (including phenoxy) is 1. The van der Waals surface area contributed by atoms with Crippen molar-refractivity contribution in [3.8, 4) is 0 Å². The molecule has 3 rings (SSSR count). The van der Waals surface area contributed by atoms with Gasteiger partial charge in [0, 0.05) is 30.8 Å². The van der Waals surface area contributed by atoms with Gasteiger partial charge in [-0.15, -0.1) is 0 Å². The second kappa shape index (κ2) is 6.53. The molecule has 0 aliphatic carbocycles. The second-order valence-electron chi connectivity index (χ2n) is 5.16. The lowest BCUT2D eigenvalue weighted by Crippen LogP contribution is -2.19. The highest BCUT2D eigenvalue weighted by atomic mass is 16.5. The van der Waals surface area contributed by atoms with Gasteiger partial charge in [0.25, 0.3) is 0 Å². The van der Waals surface area contributed by atoms with E-state index in [2.05, 4.69) is 10.1 Å². The van der Waals surface area contributed by atoms with Crippen molar-refractivity contribution in [1.29, 1.82) is 0 Å². The van der Waals surface area contributed by atoms with E-state index in [1.165, 1.54) is 0 Å². The van der Waals surface area contributed by atoms with Gasteiger partial charge in [-0.1, -0.05) is 18.2 Å². The lowest BCUT2D eigenvalue weighted by molar-refractivity contribution is -0.0396. The summed E-state index contributed by atoms with van der Waals surface area (Å²) in [5, 5.41) is 13.5. The van der Waals surface area contributed by atoms with E-state index in [1.807, 2.05) is 18.2 Å². The molecular formula is C16H17N3O3. The molecule has 1 atom stereocenters. The number of carboxylic acid groups (broad SMARTS) is 1. The number of carboxylic acids is 1. The maximum atomic E-state index is 11.4. The minimum absolute atomic E-state index is 0.0364. The van der Waals surface area contributed by atoms with Gasteiger partial charge in [-0.2, -0.15) is 5.10 Å². The zero-order chi connectivity index (χ0) is 15.4. The summed E-state index contributed by atoms with van der Waals surface area (Å²) in [6.07, 6.45) is 11.5. The van der Waals surface area contributed by atoms with Crippen LogP contribution in [-0.2, 0) is 4.74 Å². The largest absolute Gasteiger partial charge is 0.476 e. The summed E-state index contributed by atoms with van der Waals surface area (Å²) in [6.45, 7) is 0.688. The van der Waals surface area contributed by atoms with Crippen molar-refractivity contribution in [3.05, 3.63) is 47.5 Å². The number of hydrogen-bond donors (Lipinski definition) is 1. The van der Waals surface area contributed by atoms with Crippen LogP contribution in [0, 0.1) is 0 Å². The lowest BCUT2D eigenvalue weighted by atomic mass is 10.2. The first kappa shape index (κ1) is 14.5. The molecule has 22 heavy (non-hydrogen) atoms. The Morgan fingerprint density at radius 3 is 3.00 bits per heavy atom. The predicted molar refractivity (Wildman–Crippen MR) is 81.2 cm³/mol. The molecular weight excluding hydrogens is 282 g/mol. The van der Waals surface area contributed by atoms with E-state index in [4.69, 9.17) is 4.74 Å². The van der Waals surface area contributed by atoms with Crippen LogP contribution in [0.4, 0.5) is 0 Å². The van der Waals surface area contributed by atoms with E-state index in [0.717, 1.165) is 24.8 Å². The topological polar surface area (TPSA) is 77.2 Å². The molecule has 0 amide bonds. The molecule has 114 valence electrons. The maximum Gasteiger partial charge on any atom is 0.357 e. The number of aromatic carboxylic acids is 1. The quantitative estimate of drug-likeness (QED) is 0.939. The first-order chi connectivity index (χ1) is 10.7. The van der Waals surface area contributed by atoms with Crippen LogP contribution in [0.2, 0.25) is 0 Å². The van der Waals surface area contributed by atoms with Gasteiger partial charge in [-0.05, 0) is 30.9 Å². The van der Waals surface area contributed by atoms with Crippen molar-refractivity contribution in [3.63, 3.8) is 0 Å². The van der Waals surface area contributed by atoms with Crippen LogP contribution in [0.15, 0.2) is 30.7 Å². The van der Waals surface area contributed by atoms with Crippen molar-refractivity contribution < 1.29 is 14.6 Å². The molecule has 6 heteroatoms. The molecule has 3 heterocycles. The van der Waals surface area contributed by atoms with Gasteiger partial charge in [-0.25, -0.2) is 9.48 Å². The second-order valence-corrected chi connectivity index (χ2v) is 5.16. The minimum atomic E-state index is -1.04. The van der Waals surface area contributed by atoms with Crippen molar-refractivity contribution in [1.82, 2.24) is 14.8 Å². The fraction of sp³-hybridized carbons (Fsp3) is 0.312. The Kier molecular flexibility index (Phi) is 4.29. The van der Waals surface area contributed by atoms with Crippen LogP contribution in [0.3, 0.4) is 0 Å². The molecule has 1 aliphatic rings. The van der Waals surface area contributed by atoms with Gasteiger partial charge < -0.3 is 9.84 Å². The molecule has 0 saturated carbocycles. The van der Waals surface area contributed by atoms with E-state index in [-0.39, 0.29) is 11.9 Å². The summed E-state index contributed by atoms with van der Waals surface area (Å²) >= 11 is 0. The molecule has 1 saturated heterocycles. The summed E-state index contributed by atoms with van der Waals surface area (Å²) < 4.78 is 7.26. The number of nitrogens with zero attached hydrogens (tertiary/aromatic N) is 3. The smallest absolute Gasteiger partial charge is 0.357 e. The first-order valence-electron chi connectivity index (χ1n) is 7.26. The van der Waals surface area contributed by atoms with Gasteiger partial charge in [-0.3, -0.25) is 4.98 Å². The van der Waals surface area contributed by atoms with Crippen LogP contribution in [-0.4, -0.2) is 32.4 Å². The van der Waals surface area contributed by atoms with Crippen LogP contribution < -0.4 is 0 Å². The average Bonchev–Trinajstić information content (AvgIpc) is 2.99. The Labute approximate surface area is 128 Å². The Hall–Kier alpha value is -2.47. The molecule has 2 aromatic rings. The summed E-state index contributed by atoms with van der Waals surface area (Å²) in [7, 11) is 0. The standard InChI is InChI=1S/C16H17N3O3/c20-16(21)15-13(7-6-12-4-3-8-17-10-12)11-19(18-15)14-5-1-2-9-22-14/h3-4,6-8,10-11,14H,1-2,5,9H2,(H,20,21). The number of carbonyl (C=O) groups is 1. The number of rotatable bonds is 4. The van der Waals surface area contributed by atoms with Crippen LogP contribution >= 0.6 is 0 Å². The minimum Gasteiger partial charge on any atom is -0.476 e. The summed E-state index contributed by atoms with van der Waals surface area (Å²) in [6, 6.07) is 3.73. The molecule has 1 unspecified atom stereocenters. The molecule has 2 aromatic heterocycles. The molecule has 0 aromatic carbocycles. The number of pyridine rings is 1. The van der Waals surface area contributed by atoms with E-state index in [9.17, 15) is 9.90 Å². The Bertz CT molecular complexity index is 673. The molecule has 6 nitrogen and oxygen atoms in total. The molecule has 1 fully saturated rings. The van der Waals surface area contributed by atoms with Crippen LogP contribution in [0.25, 0.3) is 12.2 Å². The van der Waals surface area contributed by atoms with E-state index in [1.54, 1.807) is 29.3 Å². The monoisotopic (exact) mass is 299 g/mol. The molecule has 0 bridgehead atoms. The molecule has 1 aliphatic heterocycles. The van der Waals surface area contributed by atoms with Gasteiger partial charge in [0.1, 0.15) is 6.23 Å². The van der Waals surface area contributed by atoms with Gasteiger partial charge in [0.15, 0.2) is 5.69 Å². The van der Waals surface area contributed by atoms with E-state index >= 15 is 0 Å². The zero-order valence-corrected chi connectivity index (χ0v) is 12.1. The SMILES string of the molecule is O=C(O)c1nn(C2CCCCO2)cc1C=Cc1cccnc1. The first-order valence-corrected chi connectivity index (χ1v) is 7.26. The average molecular weight is 299 g/mol. The summed E-state index contributed by atoms with van der Waals surface area (Å²) in [5.74, 6) is -1.04.